The Morgan fingerprint density at radius 1 is 1.41 bits per heavy atom. The van der Waals surface area contributed by atoms with Crippen molar-refractivity contribution in [3.05, 3.63) is 42.5 Å². The van der Waals surface area contributed by atoms with Crippen molar-refractivity contribution in [1.82, 2.24) is 14.9 Å². The molecule has 1 atom stereocenters. The lowest BCUT2D eigenvalue weighted by Crippen LogP contribution is -2.32. The van der Waals surface area contributed by atoms with Crippen molar-refractivity contribution in [2.45, 2.75) is 32.4 Å². The summed E-state index contributed by atoms with van der Waals surface area (Å²) < 4.78 is 7.51. The zero-order valence-corrected chi connectivity index (χ0v) is 12.8. The molecule has 2 aromatic rings. The second-order valence-corrected chi connectivity index (χ2v) is 5.48. The standard InChI is InChI=1S/C17H21N3O2/c1-2-20-12-14(13-5-7-18-8-6-13)10-16(20)17(21)19-11-15-4-3-9-22-15/h5-8,10,12,15H,2-4,9,11H2,1H3,(H,19,21). The monoisotopic (exact) mass is 299 g/mol. The summed E-state index contributed by atoms with van der Waals surface area (Å²) in [7, 11) is 0. The van der Waals surface area contributed by atoms with Gasteiger partial charge in [0.05, 0.1) is 6.10 Å². The Bertz CT molecular complexity index is 631. The van der Waals surface area contributed by atoms with Crippen molar-refractivity contribution in [2.24, 2.45) is 0 Å². The molecule has 116 valence electrons. The van der Waals surface area contributed by atoms with Crippen LogP contribution >= 0.6 is 0 Å². The lowest BCUT2D eigenvalue weighted by Gasteiger charge is -2.11. The normalized spacial score (nSPS) is 17.6. The number of nitrogens with one attached hydrogen (secondary N) is 1. The Morgan fingerprint density at radius 3 is 2.91 bits per heavy atom. The molecule has 0 spiro atoms. The van der Waals surface area contributed by atoms with Crippen LogP contribution in [0.25, 0.3) is 11.1 Å². The number of pyridine rings is 1. The number of hydrogen-bond acceptors (Lipinski definition) is 3. The van der Waals surface area contributed by atoms with Gasteiger partial charge >= 0.3 is 0 Å². The molecule has 5 nitrogen and oxygen atoms in total. The third kappa shape index (κ3) is 3.20. The van der Waals surface area contributed by atoms with Gasteiger partial charge in [0.1, 0.15) is 5.69 Å². The van der Waals surface area contributed by atoms with Crippen LogP contribution in [-0.2, 0) is 11.3 Å². The second kappa shape index (κ2) is 6.75. The maximum absolute atomic E-state index is 12.4. The Balaban J connectivity index is 1.74. The Morgan fingerprint density at radius 2 is 2.23 bits per heavy atom. The maximum Gasteiger partial charge on any atom is 0.268 e. The van der Waals surface area contributed by atoms with Gasteiger partial charge in [0, 0.05) is 43.9 Å². The molecule has 1 N–H and O–H groups in total. The van der Waals surface area contributed by atoms with Crippen LogP contribution in [0.3, 0.4) is 0 Å². The molecule has 0 aromatic carbocycles. The van der Waals surface area contributed by atoms with Gasteiger partial charge in [-0.05, 0) is 43.5 Å². The van der Waals surface area contributed by atoms with Gasteiger partial charge in [0.25, 0.3) is 5.91 Å². The smallest absolute Gasteiger partial charge is 0.268 e. The van der Waals surface area contributed by atoms with E-state index in [-0.39, 0.29) is 12.0 Å². The molecule has 2 aromatic heterocycles. The van der Waals surface area contributed by atoms with Crippen LogP contribution < -0.4 is 5.32 Å². The van der Waals surface area contributed by atoms with Crippen molar-refractivity contribution in [1.29, 1.82) is 0 Å². The minimum Gasteiger partial charge on any atom is -0.376 e. The fourth-order valence-electron chi connectivity index (χ4n) is 2.77. The predicted molar refractivity (Wildman–Crippen MR) is 84.6 cm³/mol. The molecule has 1 saturated heterocycles. The van der Waals surface area contributed by atoms with Crippen LogP contribution in [0, 0.1) is 0 Å². The first-order chi connectivity index (χ1) is 10.8. The first-order valence-electron chi connectivity index (χ1n) is 7.78. The number of hydrogen-bond donors (Lipinski definition) is 1. The molecule has 0 saturated carbocycles. The minimum absolute atomic E-state index is 0.0438. The largest absolute Gasteiger partial charge is 0.376 e. The number of nitrogens with zero attached hydrogens (tertiary/aromatic N) is 2. The van der Waals surface area contributed by atoms with Crippen molar-refractivity contribution in [3.8, 4) is 11.1 Å². The summed E-state index contributed by atoms with van der Waals surface area (Å²) in [4.78, 5) is 16.5. The highest BCUT2D eigenvalue weighted by Crippen LogP contribution is 2.21. The van der Waals surface area contributed by atoms with E-state index in [0.717, 1.165) is 37.1 Å². The number of aromatic nitrogens is 2. The summed E-state index contributed by atoms with van der Waals surface area (Å²) >= 11 is 0. The highest BCUT2D eigenvalue weighted by Gasteiger charge is 2.18. The van der Waals surface area contributed by atoms with Crippen molar-refractivity contribution < 1.29 is 9.53 Å². The molecule has 1 amide bonds. The summed E-state index contributed by atoms with van der Waals surface area (Å²) in [5, 5.41) is 2.98. The fourth-order valence-corrected chi connectivity index (χ4v) is 2.77. The highest BCUT2D eigenvalue weighted by molar-refractivity contribution is 5.94. The number of amides is 1. The summed E-state index contributed by atoms with van der Waals surface area (Å²) in [6.07, 6.45) is 7.80. The molecule has 0 aliphatic carbocycles. The molecule has 1 unspecified atom stereocenters. The average molecular weight is 299 g/mol. The lowest BCUT2D eigenvalue weighted by atomic mass is 10.1. The third-order valence-corrected chi connectivity index (χ3v) is 4.00. The number of carbonyl (C=O) groups is 1. The van der Waals surface area contributed by atoms with Crippen LogP contribution in [0.2, 0.25) is 0 Å². The Hall–Kier alpha value is -2.14. The summed E-state index contributed by atoms with van der Waals surface area (Å²) in [6, 6.07) is 5.83. The third-order valence-electron chi connectivity index (χ3n) is 4.00. The molecular weight excluding hydrogens is 278 g/mol. The summed E-state index contributed by atoms with van der Waals surface area (Å²) in [5.41, 5.74) is 2.79. The van der Waals surface area contributed by atoms with E-state index >= 15 is 0 Å². The Labute approximate surface area is 130 Å². The molecule has 5 heteroatoms. The number of aryl methyl sites for hydroxylation is 1. The average Bonchev–Trinajstić information content (AvgIpc) is 3.22. The van der Waals surface area contributed by atoms with Crippen LogP contribution in [0.1, 0.15) is 30.3 Å². The fraction of sp³-hybridized carbons (Fsp3) is 0.412. The molecule has 0 radical (unpaired) electrons. The van der Waals surface area contributed by atoms with Crippen LogP contribution in [-0.4, -0.2) is 34.7 Å². The van der Waals surface area contributed by atoms with Gasteiger partial charge < -0.3 is 14.6 Å². The van der Waals surface area contributed by atoms with E-state index in [1.54, 1.807) is 12.4 Å². The summed E-state index contributed by atoms with van der Waals surface area (Å²) in [5.74, 6) is -0.0438. The lowest BCUT2D eigenvalue weighted by molar-refractivity contribution is 0.0850. The SMILES string of the molecule is CCn1cc(-c2ccncc2)cc1C(=O)NCC1CCCO1. The van der Waals surface area contributed by atoms with E-state index in [2.05, 4.69) is 10.3 Å². The number of carbonyl (C=O) groups excluding carboxylic acids is 1. The molecular formula is C17H21N3O2. The van der Waals surface area contributed by atoms with E-state index < -0.39 is 0 Å². The molecule has 1 aliphatic heterocycles. The number of rotatable bonds is 5. The van der Waals surface area contributed by atoms with Crippen molar-refractivity contribution in [3.63, 3.8) is 0 Å². The van der Waals surface area contributed by atoms with Crippen molar-refractivity contribution >= 4 is 5.91 Å². The molecule has 3 rings (SSSR count). The van der Waals surface area contributed by atoms with E-state index in [1.165, 1.54) is 0 Å². The molecule has 0 bridgehead atoms. The first kappa shape index (κ1) is 14.8. The second-order valence-electron chi connectivity index (χ2n) is 5.48. The predicted octanol–water partition coefficient (Wildman–Crippen LogP) is 2.48. The van der Waals surface area contributed by atoms with Gasteiger partial charge in [-0.2, -0.15) is 0 Å². The topological polar surface area (TPSA) is 56.2 Å². The molecule has 22 heavy (non-hydrogen) atoms. The quantitative estimate of drug-likeness (QED) is 0.923. The number of ether oxygens (including phenoxy) is 1. The maximum atomic E-state index is 12.4. The molecule has 1 fully saturated rings. The minimum atomic E-state index is -0.0438. The molecule has 3 heterocycles. The van der Waals surface area contributed by atoms with E-state index in [1.807, 2.05) is 35.9 Å². The van der Waals surface area contributed by atoms with Gasteiger partial charge in [-0.3, -0.25) is 9.78 Å². The van der Waals surface area contributed by atoms with Gasteiger partial charge in [-0.15, -0.1) is 0 Å². The van der Waals surface area contributed by atoms with E-state index in [9.17, 15) is 4.79 Å². The van der Waals surface area contributed by atoms with Crippen LogP contribution in [0.4, 0.5) is 0 Å². The first-order valence-corrected chi connectivity index (χ1v) is 7.78. The van der Waals surface area contributed by atoms with Crippen LogP contribution in [0.15, 0.2) is 36.8 Å². The summed E-state index contributed by atoms with van der Waals surface area (Å²) in [6.45, 7) is 4.18. The Kier molecular flexibility index (Phi) is 4.53. The van der Waals surface area contributed by atoms with Gasteiger partial charge in [0.2, 0.25) is 0 Å². The zero-order chi connectivity index (χ0) is 15.4. The highest BCUT2D eigenvalue weighted by atomic mass is 16.5. The van der Waals surface area contributed by atoms with Gasteiger partial charge in [0.15, 0.2) is 0 Å². The zero-order valence-electron chi connectivity index (χ0n) is 12.8. The van der Waals surface area contributed by atoms with Crippen LogP contribution in [0.5, 0.6) is 0 Å². The van der Waals surface area contributed by atoms with E-state index in [4.69, 9.17) is 4.74 Å². The van der Waals surface area contributed by atoms with Gasteiger partial charge in [-0.25, -0.2) is 0 Å². The van der Waals surface area contributed by atoms with Crippen molar-refractivity contribution in [2.75, 3.05) is 13.2 Å². The molecule has 1 aliphatic rings. The van der Waals surface area contributed by atoms with E-state index in [0.29, 0.717) is 12.2 Å². The van der Waals surface area contributed by atoms with Gasteiger partial charge in [-0.1, -0.05) is 0 Å².